The van der Waals surface area contributed by atoms with Crippen molar-refractivity contribution < 1.29 is 22.7 Å². The van der Waals surface area contributed by atoms with E-state index in [2.05, 4.69) is 20.2 Å². The number of carbonyl (C=O) groups excluding carboxylic acids is 1. The Hall–Kier alpha value is -2.84. The largest absolute Gasteiger partial charge is 0.484 e. The predicted octanol–water partition coefficient (Wildman–Crippen LogP) is 3.50. The molecule has 0 atom stereocenters. The number of piperidine rings is 1. The molecular formula is C18H19F3N4O2. The van der Waals surface area contributed by atoms with Crippen molar-refractivity contribution in [2.24, 2.45) is 0 Å². The van der Waals surface area contributed by atoms with Crippen molar-refractivity contribution in [2.75, 3.05) is 29.9 Å². The SMILES string of the molecule is O=C(COc1cccc(C(F)(F)F)c1)Nc1cc(N2CCCCC2)ncn1. The molecule has 0 spiro atoms. The third-order valence-corrected chi connectivity index (χ3v) is 4.13. The number of alkyl halides is 3. The van der Waals surface area contributed by atoms with Gasteiger partial charge in [0, 0.05) is 19.2 Å². The molecular weight excluding hydrogens is 361 g/mol. The first-order valence-corrected chi connectivity index (χ1v) is 8.59. The van der Waals surface area contributed by atoms with E-state index in [1.807, 2.05) is 0 Å². The summed E-state index contributed by atoms with van der Waals surface area (Å²) in [6, 6.07) is 6.06. The van der Waals surface area contributed by atoms with Crippen LogP contribution in [0.5, 0.6) is 5.75 Å². The maximum Gasteiger partial charge on any atom is 0.416 e. The van der Waals surface area contributed by atoms with Gasteiger partial charge in [0.25, 0.3) is 5.91 Å². The molecule has 1 fully saturated rings. The van der Waals surface area contributed by atoms with Crippen molar-refractivity contribution in [1.82, 2.24) is 9.97 Å². The van der Waals surface area contributed by atoms with Crippen LogP contribution >= 0.6 is 0 Å². The fourth-order valence-corrected chi connectivity index (χ4v) is 2.80. The van der Waals surface area contributed by atoms with E-state index in [-0.39, 0.29) is 5.75 Å². The number of benzene rings is 1. The fraction of sp³-hybridized carbons (Fsp3) is 0.389. The maximum atomic E-state index is 12.7. The molecule has 0 unspecified atom stereocenters. The molecule has 3 rings (SSSR count). The molecule has 9 heteroatoms. The lowest BCUT2D eigenvalue weighted by atomic mass is 10.1. The van der Waals surface area contributed by atoms with Crippen LogP contribution in [-0.2, 0) is 11.0 Å². The molecule has 2 aromatic rings. The minimum Gasteiger partial charge on any atom is -0.484 e. The minimum absolute atomic E-state index is 0.0309. The van der Waals surface area contributed by atoms with Crippen LogP contribution in [0.15, 0.2) is 36.7 Å². The smallest absolute Gasteiger partial charge is 0.416 e. The van der Waals surface area contributed by atoms with E-state index in [1.54, 1.807) is 6.07 Å². The number of amides is 1. The number of nitrogens with zero attached hydrogens (tertiary/aromatic N) is 3. The summed E-state index contributed by atoms with van der Waals surface area (Å²) >= 11 is 0. The van der Waals surface area contributed by atoms with Crippen LogP contribution in [0.3, 0.4) is 0 Å². The van der Waals surface area contributed by atoms with E-state index < -0.39 is 24.3 Å². The lowest BCUT2D eigenvalue weighted by Gasteiger charge is -2.27. The molecule has 1 saturated heterocycles. The summed E-state index contributed by atoms with van der Waals surface area (Å²) in [6.45, 7) is 1.39. The third kappa shape index (κ3) is 5.32. The van der Waals surface area contributed by atoms with Crippen molar-refractivity contribution in [3.05, 3.63) is 42.2 Å². The summed E-state index contributed by atoms with van der Waals surface area (Å²) in [5.74, 6) is 0.509. The van der Waals surface area contributed by atoms with Crippen molar-refractivity contribution in [2.45, 2.75) is 25.4 Å². The number of ether oxygens (including phenoxy) is 1. The van der Waals surface area contributed by atoms with Crippen LogP contribution < -0.4 is 15.0 Å². The van der Waals surface area contributed by atoms with Crippen molar-refractivity contribution in [1.29, 1.82) is 0 Å². The normalized spacial score (nSPS) is 14.7. The van der Waals surface area contributed by atoms with Gasteiger partial charge in [0.15, 0.2) is 6.61 Å². The van der Waals surface area contributed by atoms with Gasteiger partial charge in [-0.05, 0) is 37.5 Å². The molecule has 0 radical (unpaired) electrons. The summed E-state index contributed by atoms with van der Waals surface area (Å²) in [6.07, 6.45) is 0.283. The summed E-state index contributed by atoms with van der Waals surface area (Å²) < 4.78 is 43.2. The second kappa shape index (κ2) is 8.24. The number of carbonyl (C=O) groups is 1. The Morgan fingerprint density at radius 3 is 2.67 bits per heavy atom. The zero-order valence-corrected chi connectivity index (χ0v) is 14.5. The number of rotatable bonds is 5. The fourth-order valence-electron chi connectivity index (χ4n) is 2.80. The first kappa shape index (κ1) is 18.9. The van der Waals surface area contributed by atoms with Crippen LogP contribution in [0.25, 0.3) is 0 Å². The van der Waals surface area contributed by atoms with Gasteiger partial charge in [-0.25, -0.2) is 9.97 Å². The van der Waals surface area contributed by atoms with Crippen LogP contribution in [0.1, 0.15) is 24.8 Å². The number of nitrogens with one attached hydrogen (secondary N) is 1. The Kier molecular flexibility index (Phi) is 5.78. The summed E-state index contributed by atoms with van der Waals surface area (Å²) in [7, 11) is 0. The van der Waals surface area contributed by atoms with Gasteiger partial charge >= 0.3 is 6.18 Å². The molecule has 1 aromatic carbocycles. The van der Waals surface area contributed by atoms with E-state index >= 15 is 0 Å². The second-order valence-corrected chi connectivity index (χ2v) is 6.17. The van der Waals surface area contributed by atoms with Gasteiger partial charge in [-0.1, -0.05) is 6.07 Å². The summed E-state index contributed by atoms with van der Waals surface area (Å²) in [5, 5.41) is 2.57. The number of aromatic nitrogens is 2. The average molecular weight is 380 g/mol. The van der Waals surface area contributed by atoms with Gasteiger partial charge in [-0.3, -0.25) is 4.79 Å². The Balaban J connectivity index is 1.57. The molecule has 0 bridgehead atoms. The van der Waals surface area contributed by atoms with Crippen molar-refractivity contribution >= 4 is 17.5 Å². The zero-order chi connectivity index (χ0) is 19.3. The molecule has 1 aromatic heterocycles. The van der Waals surface area contributed by atoms with Crippen LogP contribution in [-0.4, -0.2) is 35.6 Å². The lowest BCUT2D eigenvalue weighted by molar-refractivity contribution is -0.137. The highest BCUT2D eigenvalue weighted by molar-refractivity contribution is 5.91. The Labute approximate surface area is 154 Å². The number of hydrogen-bond acceptors (Lipinski definition) is 5. The minimum atomic E-state index is -4.46. The van der Waals surface area contributed by atoms with Gasteiger partial charge < -0.3 is 15.0 Å². The highest BCUT2D eigenvalue weighted by Gasteiger charge is 2.30. The molecule has 0 saturated carbocycles. The van der Waals surface area contributed by atoms with Gasteiger partial charge in [0.1, 0.15) is 23.7 Å². The van der Waals surface area contributed by atoms with E-state index in [0.29, 0.717) is 5.82 Å². The zero-order valence-electron chi connectivity index (χ0n) is 14.5. The lowest BCUT2D eigenvalue weighted by Crippen LogP contribution is -2.30. The number of anilines is 2. The van der Waals surface area contributed by atoms with Gasteiger partial charge in [-0.15, -0.1) is 0 Å². The van der Waals surface area contributed by atoms with E-state index in [4.69, 9.17) is 4.74 Å². The molecule has 2 heterocycles. The molecule has 1 aliphatic rings. The summed E-state index contributed by atoms with van der Waals surface area (Å²) in [5.41, 5.74) is -0.831. The van der Waals surface area contributed by atoms with E-state index in [1.165, 1.54) is 24.9 Å². The Morgan fingerprint density at radius 2 is 1.93 bits per heavy atom. The summed E-state index contributed by atoms with van der Waals surface area (Å²) in [4.78, 5) is 22.4. The van der Waals surface area contributed by atoms with Gasteiger partial charge in [0.2, 0.25) is 0 Å². The van der Waals surface area contributed by atoms with Gasteiger partial charge in [0.05, 0.1) is 5.56 Å². The monoisotopic (exact) mass is 380 g/mol. The Morgan fingerprint density at radius 1 is 1.15 bits per heavy atom. The third-order valence-electron chi connectivity index (χ3n) is 4.13. The van der Waals surface area contributed by atoms with Crippen molar-refractivity contribution in [3.8, 4) is 5.75 Å². The second-order valence-electron chi connectivity index (χ2n) is 6.17. The first-order chi connectivity index (χ1) is 12.9. The number of hydrogen-bond donors (Lipinski definition) is 1. The quantitative estimate of drug-likeness (QED) is 0.860. The standard InChI is InChI=1S/C18H19F3N4O2/c19-18(20,21)13-5-4-6-14(9-13)27-11-17(26)24-15-10-16(23-12-22-15)25-7-2-1-3-8-25/h4-6,9-10,12H,1-3,7-8,11H2,(H,22,23,24,26). The van der Waals surface area contributed by atoms with Crippen LogP contribution in [0.2, 0.25) is 0 Å². The topological polar surface area (TPSA) is 67.3 Å². The molecule has 1 N–H and O–H groups in total. The molecule has 1 aliphatic heterocycles. The van der Waals surface area contributed by atoms with Gasteiger partial charge in [-0.2, -0.15) is 13.2 Å². The molecule has 144 valence electrons. The van der Waals surface area contributed by atoms with Crippen LogP contribution in [0.4, 0.5) is 24.8 Å². The average Bonchev–Trinajstić information content (AvgIpc) is 2.67. The molecule has 0 aliphatic carbocycles. The number of halogens is 3. The van der Waals surface area contributed by atoms with Crippen molar-refractivity contribution in [3.63, 3.8) is 0 Å². The Bertz CT molecular complexity index is 792. The predicted molar refractivity (Wildman–Crippen MR) is 93.7 cm³/mol. The van der Waals surface area contributed by atoms with Crippen LogP contribution in [0, 0.1) is 0 Å². The van der Waals surface area contributed by atoms with E-state index in [0.717, 1.165) is 43.9 Å². The first-order valence-electron chi connectivity index (χ1n) is 8.59. The highest BCUT2D eigenvalue weighted by atomic mass is 19.4. The van der Waals surface area contributed by atoms with E-state index in [9.17, 15) is 18.0 Å². The molecule has 1 amide bonds. The molecule has 27 heavy (non-hydrogen) atoms. The molecule has 6 nitrogen and oxygen atoms in total. The highest BCUT2D eigenvalue weighted by Crippen LogP contribution is 2.31. The maximum absolute atomic E-state index is 12.7.